The molecule has 3 rings (SSSR count). The quantitative estimate of drug-likeness (QED) is 0.706. The Morgan fingerprint density at radius 3 is 2.48 bits per heavy atom. The Balaban J connectivity index is 1.71. The van der Waals surface area contributed by atoms with E-state index in [4.69, 9.17) is 0 Å². The van der Waals surface area contributed by atoms with E-state index < -0.39 is 0 Å². The molecule has 2 aliphatic carbocycles. The Bertz CT molecular complexity index is 468. The van der Waals surface area contributed by atoms with Crippen molar-refractivity contribution in [3.8, 4) is 0 Å². The minimum atomic E-state index is 0.656. The van der Waals surface area contributed by atoms with Gasteiger partial charge in [-0.1, -0.05) is 44.9 Å². The summed E-state index contributed by atoms with van der Waals surface area (Å²) < 4.78 is 0.929. The van der Waals surface area contributed by atoms with E-state index in [1.165, 1.54) is 63.5 Å². The van der Waals surface area contributed by atoms with Crippen molar-refractivity contribution in [3.63, 3.8) is 0 Å². The molecule has 0 amide bonds. The Kier molecular flexibility index (Phi) is 5.20. The highest BCUT2D eigenvalue weighted by atomic mass is 79.9. The van der Waals surface area contributed by atoms with Crippen molar-refractivity contribution in [2.75, 3.05) is 5.32 Å². The highest BCUT2D eigenvalue weighted by Crippen LogP contribution is 2.39. The standard InChI is InChI=1S/C18H27BrN2/c1-13-16(11-12-18(19)20-13)21-17-10-6-5-9-15(17)14-7-3-2-4-8-14/h11-12,14-15,17,21H,2-10H2,1H3. The van der Waals surface area contributed by atoms with Crippen LogP contribution in [0.2, 0.25) is 0 Å². The van der Waals surface area contributed by atoms with Crippen LogP contribution in [-0.4, -0.2) is 11.0 Å². The summed E-state index contributed by atoms with van der Waals surface area (Å²) in [4.78, 5) is 4.53. The Morgan fingerprint density at radius 2 is 1.71 bits per heavy atom. The molecule has 1 N–H and O–H groups in total. The lowest BCUT2D eigenvalue weighted by Crippen LogP contribution is -2.37. The number of hydrogen-bond acceptors (Lipinski definition) is 2. The minimum Gasteiger partial charge on any atom is -0.381 e. The number of halogens is 1. The monoisotopic (exact) mass is 350 g/mol. The zero-order chi connectivity index (χ0) is 14.7. The maximum atomic E-state index is 4.53. The molecule has 0 aromatic carbocycles. The first-order valence-electron chi connectivity index (χ1n) is 8.64. The summed E-state index contributed by atoms with van der Waals surface area (Å²) in [7, 11) is 0. The van der Waals surface area contributed by atoms with Gasteiger partial charge in [-0.05, 0) is 59.7 Å². The Labute approximate surface area is 137 Å². The predicted octanol–water partition coefficient (Wildman–Crippen LogP) is 5.70. The lowest BCUT2D eigenvalue weighted by atomic mass is 9.71. The van der Waals surface area contributed by atoms with Crippen LogP contribution >= 0.6 is 15.9 Å². The molecule has 2 nitrogen and oxygen atoms in total. The van der Waals surface area contributed by atoms with Crippen LogP contribution in [0, 0.1) is 18.8 Å². The number of anilines is 1. The number of aromatic nitrogens is 1. The smallest absolute Gasteiger partial charge is 0.106 e. The first kappa shape index (κ1) is 15.3. The third-order valence-electron chi connectivity index (χ3n) is 5.47. The molecule has 21 heavy (non-hydrogen) atoms. The van der Waals surface area contributed by atoms with Crippen LogP contribution in [0.5, 0.6) is 0 Å². The van der Waals surface area contributed by atoms with Crippen molar-refractivity contribution in [3.05, 3.63) is 22.4 Å². The first-order chi connectivity index (χ1) is 10.2. The summed E-state index contributed by atoms with van der Waals surface area (Å²) in [6.45, 7) is 2.10. The van der Waals surface area contributed by atoms with E-state index in [9.17, 15) is 0 Å². The van der Waals surface area contributed by atoms with Crippen LogP contribution in [0.3, 0.4) is 0 Å². The first-order valence-corrected chi connectivity index (χ1v) is 9.43. The molecule has 2 aliphatic rings. The maximum absolute atomic E-state index is 4.53. The lowest BCUT2D eigenvalue weighted by Gasteiger charge is -2.40. The lowest BCUT2D eigenvalue weighted by molar-refractivity contribution is 0.180. The van der Waals surface area contributed by atoms with Gasteiger partial charge in [0.05, 0.1) is 11.4 Å². The topological polar surface area (TPSA) is 24.9 Å². The van der Waals surface area contributed by atoms with Crippen molar-refractivity contribution in [2.24, 2.45) is 11.8 Å². The number of aryl methyl sites for hydroxylation is 1. The molecule has 0 aliphatic heterocycles. The average molecular weight is 351 g/mol. The summed E-state index contributed by atoms with van der Waals surface area (Å²) in [6, 6.07) is 4.88. The molecule has 116 valence electrons. The van der Waals surface area contributed by atoms with Gasteiger partial charge in [-0.15, -0.1) is 0 Å². The van der Waals surface area contributed by atoms with E-state index in [0.29, 0.717) is 6.04 Å². The number of hydrogen-bond donors (Lipinski definition) is 1. The summed E-state index contributed by atoms with van der Waals surface area (Å²) >= 11 is 3.46. The van der Waals surface area contributed by atoms with Gasteiger partial charge in [0.2, 0.25) is 0 Å². The molecule has 2 saturated carbocycles. The van der Waals surface area contributed by atoms with E-state index in [1.807, 2.05) is 6.07 Å². The minimum absolute atomic E-state index is 0.656. The number of nitrogens with one attached hydrogen (secondary N) is 1. The third kappa shape index (κ3) is 3.80. The zero-order valence-electron chi connectivity index (χ0n) is 13.1. The van der Waals surface area contributed by atoms with Gasteiger partial charge in [-0.25, -0.2) is 4.98 Å². The van der Waals surface area contributed by atoms with E-state index in [-0.39, 0.29) is 0 Å². The Hall–Kier alpha value is -0.570. The number of nitrogens with zero attached hydrogens (tertiary/aromatic N) is 1. The molecule has 2 unspecified atom stereocenters. The van der Waals surface area contributed by atoms with Gasteiger partial charge in [0, 0.05) is 6.04 Å². The Morgan fingerprint density at radius 1 is 1.00 bits per heavy atom. The molecule has 3 heteroatoms. The summed E-state index contributed by atoms with van der Waals surface area (Å²) in [6.07, 6.45) is 12.8. The SMILES string of the molecule is Cc1nc(Br)ccc1NC1CCCCC1C1CCCCC1. The molecule has 2 atom stereocenters. The fourth-order valence-corrected chi connectivity index (χ4v) is 4.75. The van der Waals surface area contributed by atoms with E-state index >= 15 is 0 Å². The van der Waals surface area contributed by atoms with Gasteiger partial charge >= 0.3 is 0 Å². The number of pyridine rings is 1. The molecule has 1 aromatic rings. The van der Waals surface area contributed by atoms with Gasteiger partial charge in [-0.3, -0.25) is 0 Å². The predicted molar refractivity (Wildman–Crippen MR) is 92.6 cm³/mol. The number of rotatable bonds is 3. The van der Waals surface area contributed by atoms with Gasteiger partial charge in [0.25, 0.3) is 0 Å². The molecule has 0 spiro atoms. The fraction of sp³-hybridized carbons (Fsp3) is 0.722. The second-order valence-corrected chi connectivity index (χ2v) is 7.68. The zero-order valence-corrected chi connectivity index (χ0v) is 14.7. The highest BCUT2D eigenvalue weighted by molar-refractivity contribution is 9.10. The van der Waals surface area contributed by atoms with Crippen molar-refractivity contribution < 1.29 is 0 Å². The van der Waals surface area contributed by atoms with Gasteiger partial charge < -0.3 is 5.32 Å². The van der Waals surface area contributed by atoms with Crippen molar-refractivity contribution >= 4 is 21.6 Å². The molecule has 1 aromatic heterocycles. The second-order valence-electron chi connectivity index (χ2n) is 6.86. The maximum Gasteiger partial charge on any atom is 0.106 e. The normalized spacial score (nSPS) is 27.5. The summed E-state index contributed by atoms with van der Waals surface area (Å²) in [5.74, 6) is 1.84. The molecule has 0 bridgehead atoms. The van der Waals surface area contributed by atoms with E-state index in [1.54, 1.807) is 0 Å². The molecule has 0 radical (unpaired) electrons. The third-order valence-corrected chi connectivity index (χ3v) is 5.91. The summed E-state index contributed by atoms with van der Waals surface area (Å²) in [5, 5.41) is 3.84. The van der Waals surface area contributed by atoms with Crippen LogP contribution in [0.25, 0.3) is 0 Å². The van der Waals surface area contributed by atoms with E-state index in [2.05, 4.69) is 39.2 Å². The second kappa shape index (κ2) is 7.13. The fourth-order valence-electron chi connectivity index (χ4n) is 4.35. The van der Waals surface area contributed by atoms with Crippen LogP contribution in [0.4, 0.5) is 5.69 Å². The molecule has 0 saturated heterocycles. The van der Waals surface area contributed by atoms with Gasteiger partial charge in [-0.2, -0.15) is 0 Å². The van der Waals surface area contributed by atoms with Crippen LogP contribution in [0.15, 0.2) is 16.7 Å². The highest BCUT2D eigenvalue weighted by Gasteiger charge is 2.32. The van der Waals surface area contributed by atoms with Crippen molar-refractivity contribution in [1.82, 2.24) is 4.98 Å². The van der Waals surface area contributed by atoms with Crippen LogP contribution in [0.1, 0.15) is 63.5 Å². The largest absolute Gasteiger partial charge is 0.381 e. The molecule has 2 fully saturated rings. The molecular weight excluding hydrogens is 324 g/mol. The van der Waals surface area contributed by atoms with E-state index in [0.717, 1.165) is 22.1 Å². The van der Waals surface area contributed by atoms with Crippen LogP contribution < -0.4 is 5.32 Å². The van der Waals surface area contributed by atoms with Gasteiger partial charge in [0.15, 0.2) is 0 Å². The molecule has 1 heterocycles. The summed E-state index contributed by atoms with van der Waals surface area (Å²) in [5.41, 5.74) is 2.34. The van der Waals surface area contributed by atoms with Crippen LogP contribution in [-0.2, 0) is 0 Å². The van der Waals surface area contributed by atoms with Gasteiger partial charge in [0.1, 0.15) is 4.60 Å². The molecular formula is C18H27BrN2. The average Bonchev–Trinajstić information content (AvgIpc) is 2.51. The van der Waals surface area contributed by atoms with Crippen molar-refractivity contribution in [1.29, 1.82) is 0 Å². The van der Waals surface area contributed by atoms with Crippen molar-refractivity contribution in [2.45, 2.75) is 70.8 Å².